The molecular weight excluding hydrogens is 318 g/mol. The number of hydrogen-bond donors (Lipinski definition) is 0. The molecular formula is C15H19N3O4S. The van der Waals surface area contributed by atoms with Crippen LogP contribution in [0.3, 0.4) is 0 Å². The molecule has 0 aromatic carbocycles. The van der Waals surface area contributed by atoms with Gasteiger partial charge in [0.2, 0.25) is 0 Å². The van der Waals surface area contributed by atoms with Gasteiger partial charge >= 0.3 is 0 Å². The minimum atomic E-state index is -3.03. The van der Waals surface area contributed by atoms with E-state index >= 15 is 0 Å². The lowest BCUT2D eigenvalue weighted by Crippen LogP contribution is -2.37. The number of pyridine rings is 1. The van der Waals surface area contributed by atoms with Crippen LogP contribution in [-0.2, 0) is 9.84 Å². The summed E-state index contributed by atoms with van der Waals surface area (Å²) in [7, 11) is -1.40. The fourth-order valence-electron chi connectivity index (χ4n) is 2.83. The molecule has 0 spiro atoms. The molecule has 1 aliphatic rings. The van der Waals surface area contributed by atoms with E-state index in [1.54, 1.807) is 13.1 Å². The van der Waals surface area contributed by atoms with Crippen molar-refractivity contribution in [3.8, 4) is 0 Å². The number of rotatable bonds is 3. The van der Waals surface area contributed by atoms with Gasteiger partial charge in [-0.05, 0) is 18.4 Å². The molecule has 124 valence electrons. The highest BCUT2D eigenvalue weighted by molar-refractivity contribution is 7.91. The molecule has 7 nitrogen and oxygen atoms in total. The van der Waals surface area contributed by atoms with Crippen LogP contribution in [0.1, 0.15) is 42.2 Å². The lowest BCUT2D eigenvalue weighted by atomic mass is 10.1. The van der Waals surface area contributed by atoms with Gasteiger partial charge in [0.25, 0.3) is 11.6 Å². The quantitative estimate of drug-likeness (QED) is 0.844. The zero-order chi connectivity index (χ0) is 16.8. The molecule has 0 N–H and O–H groups in total. The van der Waals surface area contributed by atoms with E-state index in [2.05, 4.69) is 10.1 Å². The van der Waals surface area contributed by atoms with Gasteiger partial charge in [-0.1, -0.05) is 19.0 Å². The molecule has 1 saturated heterocycles. The van der Waals surface area contributed by atoms with Crippen LogP contribution in [0.4, 0.5) is 0 Å². The first-order valence-corrected chi connectivity index (χ1v) is 9.33. The monoisotopic (exact) mass is 337 g/mol. The molecule has 23 heavy (non-hydrogen) atoms. The average Bonchev–Trinajstić information content (AvgIpc) is 3.08. The molecule has 2 aromatic heterocycles. The smallest absolute Gasteiger partial charge is 0.257 e. The van der Waals surface area contributed by atoms with Crippen LogP contribution in [0.25, 0.3) is 11.1 Å². The Hall–Kier alpha value is -1.96. The van der Waals surface area contributed by atoms with Crippen LogP contribution in [0.5, 0.6) is 0 Å². The number of aromatic nitrogens is 2. The van der Waals surface area contributed by atoms with Crippen molar-refractivity contribution in [2.75, 3.05) is 18.6 Å². The van der Waals surface area contributed by atoms with E-state index in [0.29, 0.717) is 17.7 Å². The van der Waals surface area contributed by atoms with Crippen molar-refractivity contribution in [1.29, 1.82) is 0 Å². The maximum Gasteiger partial charge on any atom is 0.257 e. The van der Waals surface area contributed by atoms with Crippen molar-refractivity contribution in [2.24, 2.45) is 0 Å². The third-order valence-electron chi connectivity index (χ3n) is 4.23. The molecule has 1 atom stereocenters. The maximum atomic E-state index is 12.6. The number of hydrogen-bond acceptors (Lipinski definition) is 6. The first-order valence-electron chi connectivity index (χ1n) is 7.51. The third-order valence-corrected chi connectivity index (χ3v) is 5.98. The highest BCUT2D eigenvalue weighted by Gasteiger charge is 2.33. The molecule has 1 aliphatic heterocycles. The van der Waals surface area contributed by atoms with Crippen LogP contribution >= 0.6 is 0 Å². The molecule has 8 heteroatoms. The van der Waals surface area contributed by atoms with Gasteiger partial charge in [0.05, 0.1) is 28.1 Å². The molecule has 1 unspecified atom stereocenters. The summed E-state index contributed by atoms with van der Waals surface area (Å²) in [6.07, 6.45) is 1.92. The fourth-order valence-corrected chi connectivity index (χ4v) is 4.61. The number of nitrogens with zero attached hydrogens (tertiary/aromatic N) is 3. The van der Waals surface area contributed by atoms with E-state index in [1.807, 2.05) is 13.8 Å². The number of sulfone groups is 1. The van der Waals surface area contributed by atoms with Gasteiger partial charge in [-0.3, -0.25) is 4.79 Å². The van der Waals surface area contributed by atoms with Crippen molar-refractivity contribution >= 4 is 26.8 Å². The number of fused-ring (bicyclic) bond motifs is 1. The zero-order valence-electron chi connectivity index (χ0n) is 13.3. The Kier molecular flexibility index (Phi) is 3.87. The minimum Gasteiger partial charge on any atom is -0.338 e. The normalized spacial score (nSPS) is 20.3. The Morgan fingerprint density at radius 2 is 2.17 bits per heavy atom. The molecule has 0 bridgehead atoms. The van der Waals surface area contributed by atoms with E-state index in [-0.39, 0.29) is 29.4 Å². The van der Waals surface area contributed by atoms with Crippen LogP contribution < -0.4 is 0 Å². The van der Waals surface area contributed by atoms with Crippen molar-refractivity contribution < 1.29 is 17.7 Å². The summed E-state index contributed by atoms with van der Waals surface area (Å²) in [6.45, 7) is 3.97. The summed E-state index contributed by atoms with van der Waals surface area (Å²) in [5.74, 6) is 0.0732. The molecule has 1 fully saturated rings. The Balaban J connectivity index is 1.90. The van der Waals surface area contributed by atoms with Gasteiger partial charge in [0.15, 0.2) is 9.84 Å². The number of carbonyl (C=O) groups is 1. The summed E-state index contributed by atoms with van der Waals surface area (Å²) >= 11 is 0. The molecule has 3 heterocycles. The molecule has 1 amide bonds. The minimum absolute atomic E-state index is 0.0232. The Morgan fingerprint density at radius 3 is 2.78 bits per heavy atom. The van der Waals surface area contributed by atoms with Gasteiger partial charge in [-0.15, -0.1) is 0 Å². The van der Waals surface area contributed by atoms with Gasteiger partial charge in [-0.25, -0.2) is 13.4 Å². The predicted molar refractivity (Wildman–Crippen MR) is 85.0 cm³/mol. The highest BCUT2D eigenvalue weighted by atomic mass is 32.2. The van der Waals surface area contributed by atoms with E-state index in [9.17, 15) is 13.2 Å². The molecule has 0 aliphatic carbocycles. The summed E-state index contributed by atoms with van der Waals surface area (Å²) in [6, 6.07) is 1.44. The van der Waals surface area contributed by atoms with Crippen LogP contribution in [-0.4, -0.2) is 54.0 Å². The lowest BCUT2D eigenvalue weighted by molar-refractivity contribution is 0.0747. The topological polar surface area (TPSA) is 93.4 Å². The molecule has 2 aromatic rings. The highest BCUT2D eigenvalue weighted by Crippen LogP contribution is 2.25. The fraction of sp³-hybridized carbons (Fsp3) is 0.533. The third kappa shape index (κ3) is 2.95. The van der Waals surface area contributed by atoms with Crippen LogP contribution in [0, 0.1) is 0 Å². The first kappa shape index (κ1) is 15.9. The van der Waals surface area contributed by atoms with Crippen LogP contribution in [0.15, 0.2) is 16.8 Å². The second kappa shape index (κ2) is 5.59. The van der Waals surface area contributed by atoms with Gasteiger partial charge in [0, 0.05) is 19.3 Å². The zero-order valence-corrected chi connectivity index (χ0v) is 14.1. The number of amides is 1. The summed E-state index contributed by atoms with van der Waals surface area (Å²) in [4.78, 5) is 18.3. The predicted octanol–water partition coefficient (Wildman–Crippen LogP) is 1.61. The van der Waals surface area contributed by atoms with Crippen molar-refractivity contribution in [3.63, 3.8) is 0 Å². The standard InChI is InChI=1S/C15H19N3O4S/c1-9(2)13-12-6-10(7-16-14(12)22-17-13)15(19)18(3)11-4-5-23(20,21)8-11/h6-7,9,11H,4-5,8H2,1-3H3. The second-order valence-corrected chi connectivity index (χ2v) is 8.50. The Morgan fingerprint density at radius 1 is 1.43 bits per heavy atom. The van der Waals surface area contributed by atoms with Crippen molar-refractivity contribution in [1.82, 2.24) is 15.0 Å². The SMILES string of the molecule is CC(C)c1noc2ncc(C(=O)N(C)C3CCS(=O)(=O)C3)cc12. The van der Waals surface area contributed by atoms with E-state index in [1.165, 1.54) is 11.1 Å². The largest absolute Gasteiger partial charge is 0.338 e. The second-order valence-electron chi connectivity index (χ2n) is 6.27. The number of carbonyl (C=O) groups excluding carboxylic acids is 1. The first-order chi connectivity index (χ1) is 10.8. The summed E-state index contributed by atoms with van der Waals surface area (Å²) < 4.78 is 28.4. The van der Waals surface area contributed by atoms with E-state index < -0.39 is 9.84 Å². The lowest BCUT2D eigenvalue weighted by Gasteiger charge is -2.23. The summed E-state index contributed by atoms with van der Waals surface area (Å²) in [5.41, 5.74) is 1.57. The molecule has 0 radical (unpaired) electrons. The molecule has 0 saturated carbocycles. The molecule has 3 rings (SSSR count). The van der Waals surface area contributed by atoms with Gasteiger partial charge in [0.1, 0.15) is 0 Å². The maximum absolute atomic E-state index is 12.6. The average molecular weight is 337 g/mol. The van der Waals surface area contributed by atoms with Gasteiger partial charge in [-0.2, -0.15) is 0 Å². The van der Waals surface area contributed by atoms with E-state index in [4.69, 9.17) is 4.52 Å². The van der Waals surface area contributed by atoms with Gasteiger partial charge < -0.3 is 9.42 Å². The van der Waals surface area contributed by atoms with Crippen molar-refractivity contribution in [2.45, 2.75) is 32.2 Å². The van der Waals surface area contributed by atoms with Crippen molar-refractivity contribution in [3.05, 3.63) is 23.5 Å². The Bertz CT molecular complexity index is 857. The van der Waals surface area contributed by atoms with E-state index in [0.717, 1.165) is 11.1 Å². The Labute approximate surface area is 134 Å². The summed E-state index contributed by atoms with van der Waals surface area (Å²) in [5, 5.41) is 4.72. The van der Waals surface area contributed by atoms with Crippen LogP contribution in [0.2, 0.25) is 0 Å².